The second kappa shape index (κ2) is 5.77. The normalized spacial score (nSPS) is 17.3. The Kier molecular flexibility index (Phi) is 3.99. The minimum Gasteiger partial charge on any atom is -0.377 e. The van der Waals surface area contributed by atoms with Gasteiger partial charge in [0.25, 0.3) is 5.69 Å². The average molecular weight is 367 g/mol. The highest BCUT2D eigenvalue weighted by atomic mass is 79.9. The van der Waals surface area contributed by atoms with Crippen LogP contribution in [0.5, 0.6) is 0 Å². The third-order valence-electron chi connectivity index (χ3n) is 3.86. The first-order chi connectivity index (χ1) is 10.1. The Morgan fingerprint density at radius 1 is 1.48 bits per heavy atom. The molecule has 1 atom stereocenters. The van der Waals surface area contributed by atoms with Crippen LogP contribution in [-0.4, -0.2) is 4.92 Å². The number of halogens is 1. The third kappa shape index (κ3) is 2.82. The van der Waals surface area contributed by atoms with Gasteiger partial charge in [-0.1, -0.05) is 0 Å². The Hall–Kier alpha value is -1.40. The molecule has 0 saturated carbocycles. The van der Waals surface area contributed by atoms with Gasteiger partial charge in [0.1, 0.15) is 0 Å². The van der Waals surface area contributed by atoms with Gasteiger partial charge in [0, 0.05) is 21.0 Å². The summed E-state index contributed by atoms with van der Waals surface area (Å²) in [5, 5.41) is 16.7. The van der Waals surface area contributed by atoms with E-state index in [-0.39, 0.29) is 16.7 Å². The lowest BCUT2D eigenvalue weighted by Crippen LogP contribution is -2.16. The SMILES string of the molecule is Cc1cc(Br)c(NC2CCCc3sccc32)cc1[N+](=O)[O-]. The molecule has 1 aliphatic rings. The van der Waals surface area contributed by atoms with Crippen LogP contribution in [0.25, 0.3) is 0 Å². The van der Waals surface area contributed by atoms with E-state index in [1.165, 1.54) is 10.4 Å². The fourth-order valence-electron chi connectivity index (χ4n) is 2.79. The van der Waals surface area contributed by atoms with E-state index < -0.39 is 0 Å². The number of benzene rings is 1. The number of fused-ring (bicyclic) bond motifs is 1. The molecule has 0 fully saturated rings. The first kappa shape index (κ1) is 14.5. The number of anilines is 1. The number of aryl methyl sites for hydroxylation is 2. The van der Waals surface area contributed by atoms with Crippen molar-refractivity contribution < 1.29 is 4.92 Å². The minimum atomic E-state index is -0.330. The molecular weight excluding hydrogens is 352 g/mol. The molecule has 3 rings (SSSR count). The number of nitro benzene ring substituents is 1. The van der Waals surface area contributed by atoms with Crippen LogP contribution in [0, 0.1) is 17.0 Å². The van der Waals surface area contributed by atoms with Crippen molar-refractivity contribution in [3.8, 4) is 0 Å². The van der Waals surface area contributed by atoms with E-state index in [1.54, 1.807) is 30.4 Å². The van der Waals surface area contributed by atoms with E-state index in [9.17, 15) is 10.1 Å². The van der Waals surface area contributed by atoms with E-state index in [0.717, 1.165) is 29.4 Å². The zero-order chi connectivity index (χ0) is 15.0. The largest absolute Gasteiger partial charge is 0.377 e. The van der Waals surface area contributed by atoms with Gasteiger partial charge in [-0.05, 0) is 65.2 Å². The van der Waals surface area contributed by atoms with Crippen molar-refractivity contribution in [1.29, 1.82) is 0 Å². The Morgan fingerprint density at radius 2 is 2.29 bits per heavy atom. The molecule has 1 unspecified atom stereocenters. The molecule has 0 bridgehead atoms. The van der Waals surface area contributed by atoms with Crippen molar-refractivity contribution in [2.75, 3.05) is 5.32 Å². The quantitative estimate of drug-likeness (QED) is 0.598. The molecule has 1 aromatic carbocycles. The topological polar surface area (TPSA) is 55.2 Å². The molecule has 0 spiro atoms. The molecule has 2 aromatic rings. The van der Waals surface area contributed by atoms with Crippen LogP contribution in [0.15, 0.2) is 28.1 Å². The summed E-state index contributed by atoms with van der Waals surface area (Å²) in [6.07, 6.45) is 3.34. The molecule has 1 aromatic heterocycles. The van der Waals surface area contributed by atoms with Gasteiger partial charge in [0.15, 0.2) is 0 Å². The van der Waals surface area contributed by atoms with Crippen molar-refractivity contribution in [1.82, 2.24) is 0 Å². The summed E-state index contributed by atoms with van der Waals surface area (Å²) < 4.78 is 0.868. The zero-order valence-electron chi connectivity index (χ0n) is 11.6. The highest BCUT2D eigenvalue weighted by molar-refractivity contribution is 9.10. The summed E-state index contributed by atoms with van der Waals surface area (Å²) >= 11 is 5.30. The van der Waals surface area contributed by atoms with Crippen LogP contribution in [-0.2, 0) is 6.42 Å². The number of hydrogen-bond acceptors (Lipinski definition) is 4. The molecule has 0 amide bonds. The van der Waals surface area contributed by atoms with E-state index >= 15 is 0 Å². The van der Waals surface area contributed by atoms with Gasteiger partial charge < -0.3 is 5.32 Å². The average Bonchev–Trinajstić information content (AvgIpc) is 2.90. The number of hydrogen-bond donors (Lipinski definition) is 1. The molecule has 1 heterocycles. The van der Waals surface area contributed by atoms with Gasteiger partial charge in [-0.3, -0.25) is 10.1 Å². The smallest absolute Gasteiger partial charge is 0.274 e. The Bertz CT molecular complexity index is 699. The van der Waals surface area contributed by atoms with Gasteiger partial charge >= 0.3 is 0 Å². The van der Waals surface area contributed by atoms with Crippen LogP contribution < -0.4 is 5.32 Å². The van der Waals surface area contributed by atoms with Gasteiger partial charge in [0.05, 0.1) is 16.7 Å². The van der Waals surface area contributed by atoms with Crippen molar-refractivity contribution >= 4 is 38.6 Å². The highest BCUT2D eigenvalue weighted by Crippen LogP contribution is 2.38. The molecule has 21 heavy (non-hydrogen) atoms. The van der Waals surface area contributed by atoms with Crippen molar-refractivity contribution in [2.45, 2.75) is 32.2 Å². The van der Waals surface area contributed by atoms with Crippen molar-refractivity contribution in [3.05, 3.63) is 54.2 Å². The second-order valence-corrected chi connectivity index (χ2v) is 7.12. The first-order valence-corrected chi connectivity index (χ1v) is 8.51. The fourth-order valence-corrected chi connectivity index (χ4v) is 4.35. The second-order valence-electron chi connectivity index (χ2n) is 5.26. The summed E-state index contributed by atoms with van der Waals surface area (Å²) in [5.41, 5.74) is 2.94. The molecular formula is C15H15BrN2O2S. The van der Waals surface area contributed by atoms with Crippen molar-refractivity contribution in [3.63, 3.8) is 0 Å². The summed E-state index contributed by atoms with van der Waals surface area (Å²) in [5.74, 6) is 0. The molecule has 110 valence electrons. The van der Waals surface area contributed by atoms with Gasteiger partial charge in [-0.2, -0.15) is 0 Å². The van der Waals surface area contributed by atoms with Crippen LogP contribution in [0.4, 0.5) is 11.4 Å². The van der Waals surface area contributed by atoms with Crippen LogP contribution in [0.2, 0.25) is 0 Å². The number of nitro groups is 1. The van der Waals surface area contributed by atoms with Crippen LogP contribution in [0.3, 0.4) is 0 Å². The molecule has 1 aliphatic carbocycles. The lowest BCUT2D eigenvalue weighted by atomic mass is 9.94. The summed E-state index contributed by atoms with van der Waals surface area (Å²) in [6, 6.07) is 5.82. The molecule has 6 heteroatoms. The number of rotatable bonds is 3. The summed E-state index contributed by atoms with van der Waals surface area (Å²) in [4.78, 5) is 12.2. The lowest BCUT2D eigenvalue weighted by Gasteiger charge is -2.25. The predicted octanol–water partition coefficient (Wildman–Crippen LogP) is 5.22. The zero-order valence-corrected chi connectivity index (χ0v) is 14.0. The minimum absolute atomic E-state index is 0.155. The van der Waals surface area contributed by atoms with Crippen LogP contribution in [0.1, 0.15) is 34.9 Å². The number of thiophene rings is 1. The maximum absolute atomic E-state index is 11.1. The Balaban J connectivity index is 1.93. The van der Waals surface area contributed by atoms with Gasteiger partial charge in [0.2, 0.25) is 0 Å². The first-order valence-electron chi connectivity index (χ1n) is 6.83. The van der Waals surface area contributed by atoms with Gasteiger partial charge in [-0.25, -0.2) is 0 Å². The predicted molar refractivity (Wildman–Crippen MR) is 89.2 cm³/mol. The van der Waals surface area contributed by atoms with Crippen molar-refractivity contribution in [2.24, 2.45) is 0 Å². The molecule has 0 saturated heterocycles. The standard InChI is InChI=1S/C15H15BrN2O2S/c1-9-7-11(16)13(8-14(9)18(19)20)17-12-3-2-4-15-10(12)5-6-21-15/h5-8,12,17H,2-4H2,1H3. The fraction of sp³-hybridized carbons (Fsp3) is 0.333. The monoisotopic (exact) mass is 366 g/mol. The number of nitrogens with zero attached hydrogens (tertiary/aromatic N) is 1. The molecule has 0 radical (unpaired) electrons. The highest BCUT2D eigenvalue weighted by Gasteiger charge is 2.23. The Labute approximate surface area is 135 Å². The molecule has 4 nitrogen and oxygen atoms in total. The van der Waals surface area contributed by atoms with Gasteiger partial charge in [-0.15, -0.1) is 11.3 Å². The Morgan fingerprint density at radius 3 is 3.05 bits per heavy atom. The molecule has 0 aliphatic heterocycles. The van der Waals surface area contributed by atoms with E-state index in [0.29, 0.717) is 5.56 Å². The number of nitrogens with one attached hydrogen (secondary N) is 1. The lowest BCUT2D eigenvalue weighted by molar-refractivity contribution is -0.385. The maximum Gasteiger partial charge on any atom is 0.274 e. The van der Waals surface area contributed by atoms with E-state index in [4.69, 9.17) is 0 Å². The van der Waals surface area contributed by atoms with Crippen LogP contribution >= 0.6 is 27.3 Å². The maximum atomic E-state index is 11.1. The summed E-state index contributed by atoms with van der Waals surface area (Å²) in [7, 11) is 0. The third-order valence-corrected chi connectivity index (χ3v) is 5.52. The molecule has 1 N–H and O–H groups in total. The van der Waals surface area contributed by atoms with E-state index in [1.807, 2.05) is 0 Å². The van der Waals surface area contributed by atoms with E-state index in [2.05, 4.69) is 32.7 Å². The summed E-state index contributed by atoms with van der Waals surface area (Å²) in [6.45, 7) is 1.75.